The van der Waals surface area contributed by atoms with E-state index in [9.17, 15) is 4.79 Å². The molecule has 1 aliphatic rings. The molecule has 132 valence electrons. The van der Waals surface area contributed by atoms with Gasteiger partial charge < -0.3 is 0 Å². The van der Waals surface area contributed by atoms with Crippen molar-refractivity contribution in [1.29, 1.82) is 0 Å². The van der Waals surface area contributed by atoms with Crippen molar-refractivity contribution in [2.75, 3.05) is 5.32 Å². The first-order valence-corrected chi connectivity index (χ1v) is 8.98. The van der Waals surface area contributed by atoms with Gasteiger partial charge in [0.25, 0.3) is 0 Å². The number of hydrogen-bond donors (Lipinski definition) is 2. The van der Waals surface area contributed by atoms with Gasteiger partial charge in [-0.25, -0.2) is 0 Å². The van der Waals surface area contributed by atoms with Gasteiger partial charge in [0.15, 0.2) is 5.82 Å². The third-order valence-corrected chi connectivity index (χ3v) is 5.36. The number of anilines is 1. The van der Waals surface area contributed by atoms with Crippen LogP contribution in [0.2, 0.25) is 5.02 Å². The molecule has 6 heteroatoms. The zero-order valence-corrected chi connectivity index (χ0v) is 15.2. The van der Waals surface area contributed by atoms with Crippen LogP contribution in [0.4, 0.5) is 5.95 Å². The highest BCUT2D eigenvalue weighted by molar-refractivity contribution is 6.33. The second-order valence-electron chi connectivity index (χ2n) is 6.95. The summed E-state index contributed by atoms with van der Waals surface area (Å²) >= 11 is 6.19. The maximum absolute atomic E-state index is 12.9. The molecule has 1 aromatic heterocycles. The molecule has 5 nitrogen and oxygen atoms in total. The Bertz CT molecular complexity index is 968. The van der Waals surface area contributed by atoms with E-state index in [0.29, 0.717) is 10.8 Å². The van der Waals surface area contributed by atoms with Gasteiger partial charge in [-0.15, -0.1) is 5.10 Å². The van der Waals surface area contributed by atoms with E-state index in [1.54, 1.807) is 6.07 Å². The normalized spacial score (nSPS) is 19.0. The maximum Gasteiger partial charge on any atom is 0.249 e. The van der Waals surface area contributed by atoms with Crippen molar-refractivity contribution in [2.45, 2.75) is 26.2 Å². The van der Waals surface area contributed by atoms with E-state index in [-0.39, 0.29) is 11.9 Å². The zero-order valence-electron chi connectivity index (χ0n) is 14.4. The Balaban J connectivity index is 1.52. The lowest BCUT2D eigenvalue weighted by Gasteiger charge is -2.33. The third kappa shape index (κ3) is 3.10. The molecule has 0 spiro atoms. The summed E-state index contributed by atoms with van der Waals surface area (Å²) in [4.78, 5) is 17.2. The maximum atomic E-state index is 12.9. The Labute approximate surface area is 156 Å². The second-order valence-corrected chi connectivity index (χ2v) is 7.35. The van der Waals surface area contributed by atoms with E-state index in [1.165, 1.54) is 11.1 Å². The number of nitrogens with zero attached hydrogens (tertiary/aromatic N) is 2. The Morgan fingerprint density at radius 2 is 1.88 bits per heavy atom. The van der Waals surface area contributed by atoms with Gasteiger partial charge in [0.1, 0.15) is 0 Å². The lowest BCUT2D eigenvalue weighted by Crippen LogP contribution is -2.38. The van der Waals surface area contributed by atoms with Gasteiger partial charge in [-0.05, 0) is 42.5 Å². The number of hydrogen-bond acceptors (Lipinski definition) is 3. The van der Waals surface area contributed by atoms with Crippen LogP contribution in [-0.2, 0) is 17.6 Å². The number of carbonyl (C=O) groups is 1. The summed E-state index contributed by atoms with van der Waals surface area (Å²) in [5, 5.41) is 10.4. The van der Waals surface area contributed by atoms with Gasteiger partial charge in [-0.2, -0.15) is 4.98 Å². The van der Waals surface area contributed by atoms with Gasteiger partial charge >= 0.3 is 0 Å². The van der Waals surface area contributed by atoms with E-state index < -0.39 is 5.41 Å². The number of carbonyl (C=O) groups excluding carboxylic acids is 1. The number of amides is 1. The number of aryl methyl sites for hydroxylation is 1. The predicted molar refractivity (Wildman–Crippen MR) is 102 cm³/mol. The summed E-state index contributed by atoms with van der Waals surface area (Å²) in [6.45, 7) is 2.00. The van der Waals surface area contributed by atoms with E-state index in [1.807, 2.05) is 37.3 Å². The minimum absolute atomic E-state index is 0.0586. The van der Waals surface area contributed by atoms with Crippen LogP contribution in [-0.4, -0.2) is 21.1 Å². The van der Waals surface area contributed by atoms with Crippen molar-refractivity contribution < 1.29 is 4.79 Å². The molecule has 2 N–H and O–H groups in total. The zero-order chi connectivity index (χ0) is 18.1. The van der Waals surface area contributed by atoms with Crippen LogP contribution < -0.4 is 5.32 Å². The standard InChI is InChI=1S/C20H19ClN4O/c1-20(11-10-13-6-2-3-7-14(13)12-20)18(26)23-19-22-17(24-25-19)15-8-4-5-9-16(15)21/h2-9H,10-12H2,1H3,(H2,22,23,24,25,26). The molecule has 1 atom stereocenters. The summed E-state index contributed by atoms with van der Waals surface area (Å²) in [6, 6.07) is 15.7. The van der Waals surface area contributed by atoms with Crippen LogP contribution in [0.25, 0.3) is 11.4 Å². The molecule has 0 saturated heterocycles. The smallest absolute Gasteiger partial charge is 0.249 e. The average molecular weight is 367 g/mol. The summed E-state index contributed by atoms with van der Waals surface area (Å²) in [5.74, 6) is 0.742. The first-order chi connectivity index (χ1) is 12.5. The molecule has 1 heterocycles. The Morgan fingerprint density at radius 1 is 1.15 bits per heavy atom. The van der Waals surface area contributed by atoms with Crippen molar-refractivity contribution in [3.63, 3.8) is 0 Å². The molecule has 1 unspecified atom stereocenters. The number of aromatic amines is 1. The molecule has 4 rings (SSSR count). The predicted octanol–water partition coefficient (Wildman–Crippen LogP) is 4.26. The van der Waals surface area contributed by atoms with Gasteiger partial charge in [-0.3, -0.25) is 15.2 Å². The van der Waals surface area contributed by atoms with E-state index in [2.05, 4.69) is 32.6 Å². The summed E-state index contributed by atoms with van der Waals surface area (Å²) in [7, 11) is 0. The van der Waals surface area contributed by atoms with E-state index >= 15 is 0 Å². The van der Waals surface area contributed by atoms with Crippen LogP contribution in [0.15, 0.2) is 48.5 Å². The average Bonchev–Trinajstić information content (AvgIpc) is 3.10. The van der Waals surface area contributed by atoms with Crippen LogP contribution >= 0.6 is 11.6 Å². The molecule has 0 aliphatic heterocycles. The lowest BCUT2D eigenvalue weighted by molar-refractivity contribution is -0.125. The van der Waals surface area contributed by atoms with Crippen LogP contribution in [0, 0.1) is 5.41 Å². The first-order valence-electron chi connectivity index (χ1n) is 8.61. The molecule has 1 aliphatic carbocycles. The monoisotopic (exact) mass is 366 g/mol. The summed E-state index contributed by atoms with van der Waals surface area (Å²) in [5.41, 5.74) is 2.85. The summed E-state index contributed by atoms with van der Waals surface area (Å²) in [6.07, 6.45) is 2.42. The third-order valence-electron chi connectivity index (χ3n) is 5.03. The molecular formula is C20H19ClN4O. The molecular weight excluding hydrogens is 348 g/mol. The lowest BCUT2D eigenvalue weighted by atomic mass is 9.72. The van der Waals surface area contributed by atoms with Gasteiger partial charge in [-0.1, -0.05) is 54.9 Å². The molecule has 2 aromatic carbocycles. The molecule has 0 radical (unpaired) electrons. The first kappa shape index (κ1) is 16.8. The Kier molecular flexibility index (Phi) is 4.24. The second kappa shape index (κ2) is 6.57. The topological polar surface area (TPSA) is 70.7 Å². The number of aromatic nitrogens is 3. The minimum atomic E-state index is -0.473. The minimum Gasteiger partial charge on any atom is -0.293 e. The van der Waals surface area contributed by atoms with Crippen molar-refractivity contribution in [1.82, 2.24) is 15.2 Å². The fraction of sp³-hybridized carbons (Fsp3) is 0.250. The van der Waals surface area contributed by atoms with E-state index in [0.717, 1.165) is 24.8 Å². The van der Waals surface area contributed by atoms with E-state index in [4.69, 9.17) is 11.6 Å². The molecule has 26 heavy (non-hydrogen) atoms. The quantitative estimate of drug-likeness (QED) is 0.727. The fourth-order valence-electron chi connectivity index (χ4n) is 3.43. The highest BCUT2D eigenvalue weighted by Crippen LogP contribution is 2.36. The van der Waals surface area contributed by atoms with Crippen molar-refractivity contribution in [3.05, 3.63) is 64.7 Å². The highest BCUT2D eigenvalue weighted by Gasteiger charge is 2.37. The van der Waals surface area contributed by atoms with Crippen molar-refractivity contribution in [3.8, 4) is 11.4 Å². The highest BCUT2D eigenvalue weighted by atomic mass is 35.5. The Morgan fingerprint density at radius 3 is 2.69 bits per heavy atom. The number of benzene rings is 2. The van der Waals surface area contributed by atoms with Crippen LogP contribution in [0.5, 0.6) is 0 Å². The fourth-order valence-corrected chi connectivity index (χ4v) is 3.66. The van der Waals surface area contributed by atoms with Crippen LogP contribution in [0.3, 0.4) is 0 Å². The number of fused-ring (bicyclic) bond motifs is 1. The summed E-state index contributed by atoms with van der Waals surface area (Å²) < 4.78 is 0. The number of rotatable bonds is 3. The SMILES string of the molecule is CC1(C(=O)Nc2n[nH]c(-c3ccccc3Cl)n2)CCc2ccccc2C1. The van der Waals surface area contributed by atoms with Gasteiger partial charge in [0.05, 0.1) is 10.4 Å². The largest absolute Gasteiger partial charge is 0.293 e. The van der Waals surface area contributed by atoms with Crippen molar-refractivity contribution in [2.24, 2.45) is 5.41 Å². The van der Waals surface area contributed by atoms with Crippen molar-refractivity contribution >= 4 is 23.5 Å². The van der Waals surface area contributed by atoms with Gasteiger partial charge in [0.2, 0.25) is 11.9 Å². The number of halogens is 1. The molecule has 0 fully saturated rings. The molecule has 1 amide bonds. The number of nitrogens with one attached hydrogen (secondary N) is 2. The Hall–Kier alpha value is -2.66. The van der Waals surface area contributed by atoms with Crippen LogP contribution in [0.1, 0.15) is 24.5 Å². The van der Waals surface area contributed by atoms with Gasteiger partial charge in [0, 0.05) is 5.56 Å². The number of H-pyrrole nitrogens is 1. The molecule has 0 saturated carbocycles. The molecule has 3 aromatic rings. The molecule has 0 bridgehead atoms.